The normalized spacial score (nSPS) is 42.0. The largest absolute Gasteiger partial charge is 0.376 e. The Hall–Kier alpha value is -0.950. The van der Waals surface area contributed by atoms with Gasteiger partial charge in [-0.15, -0.1) is 11.6 Å². The summed E-state index contributed by atoms with van der Waals surface area (Å²) in [6, 6.07) is 3.13. The van der Waals surface area contributed by atoms with E-state index in [4.69, 9.17) is 21.1 Å². The molecule has 4 rings (SSSR count). The first-order valence-electron chi connectivity index (χ1n) is 13.7. The third-order valence-corrected chi connectivity index (χ3v) is 8.95. The predicted molar refractivity (Wildman–Crippen MR) is 136 cm³/mol. The highest BCUT2D eigenvalue weighted by Gasteiger charge is 2.47. The van der Waals surface area contributed by atoms with Gasteiger partial charge >= 0.3 is 0 Å². The van der Waals surface area contributed by atoms with E-state index < -0.39 is 0 Å². The van der Waals surface area contributed by atoms with Gasteiger partial charge in [-0.1, -0.05) is 0 Å². The Labute approximate surface area is 215 Å². The van der Waals surface area contributed by atoms with E-state index in [0.29, 0.717) is 19.1 Å². The molecule has 2 saturated carbocycles. The number of carbonyl (C=O) groups is 1. The molecule has 10 atom stereocenters. The summed E-state index contributed by atoms with van der Waals surface area (Å²) in [6.07, 6.45) is 7.01. The van der Waals surface area contributed by atoms with E-state index in [9.17, 15) is 10.1 Å². The molecule has 4 aliphatic rings. The Bertz CT molecular complexity index is 730. The van der Waals surface area contributed by atoms with E-state index in [1.54, 1.807) is 6.92 Å². The van der Waals surface area contributed by atoms with Crippen molar-refractivity contribution in [2.75, 3.05) is 32.8 Å². The van der Waals surface area contributed by atoms with E-state index in [1.807, 2.05) is 6.92 Å². The summed E-state index contributed by atoms with van der Waals surface area (Å²) in [7, 11) is 0. The molecule has 0 radical (unpaired) electrons. The quantitative estimate of drug-likeness (QED) is 0.370. The van der Waals surface area contributed by atoms with Crippen LogP contribution in [0.15, 0.2) is 0 Å². The van der Waals surface area contributed by atoms with Crippen LogP contribution in [0.4, 0.5) is 0 Å². The second-order valence-electron chi connectivity index (χ2n) is 11.0. The third kappa shape index (κ3) is 7.09. The highest BCUT2D eigenvalue weighted by molar-refractivity contribution is 6.21. The number of alkyl halides is 1. The van der Waals surface area contributed by atoms with E-state index in [1.165, 1.54) is 12.8 Å². The van der Waals surface area contributed by atoms with E-state index in [0.717, 1.165) is 51.8 Å². The molecule has 0 aromatic heterocycles. The van der Waals surface area contributed by atoms with Crippen molar-refractivity contribution in [1.82, 2.24) is 21.3 Å². The Morgan fingerprint density at radius 3 is 2.69 bits per heavy atom. The highest BCUT2D eigenvalue weighted by Crippen LogP contribution is 2.36. The van der Waals surface area contributed by atoms with Crippen molar-refractivity contribution in [2.45, 2.75) is 101 Å². The van der Waals surface area contributed by atoms with Gasteiger partial charge in [0.05, 0.1) is 42.2 Å². The van der Waals surface area contributed by atoms with Gasteiger partial charge in [0.2, 0.25) is 5.91 Å². The zero-order chi connectivity index (χ0) is 24.8. The van der Waals surface area contributed by atoms with Crippen molar-refractivity contribution in [2.24, 2.45) is 17.8 Å². The van der Waals surface area contributed by atoms with Crippen LogP contribution in [0, 0.1) is 29.1 Å². The van der Waals surface area contributed by atoms with Crippen molar-refractivity contribution in [3.63, 3.8) is 0 Å². The SMILES string of the molecule is CCOC1CC2NCC(C#N)C(NC3CCC(OCC4CCCNC4)C(Cl)C3)C2CC1NC(C)=O. The number of nitriles is 1. The van der Waals surface area contributed by atoms with Crippen LogP contribution in [0.1, 0.15) is 58.8 Å². The number of piperidine rings is 2. The molecule has 2 heterocycles. The van der Waals surface area contributed by atoms with Gasteiger partial charge in [-0.3, -0.25) is 4.79 Å². The molecule has 35 heavy (non-hydrogen) atoms. The lowest BCUT2D eigenvalue weighted by molar-refractivity contribution is -0.122. The molecule has 0 bridgehead atoms. The maximum atomic E-state index is 11.9. The Kier molecular flexibility index (Phi) is 10.1. The first-order valence-corrected chi connectivity index (χ1v) is 14.2. The molecule has 8 nitrogen and oxygen atoms in total. The molecule has 0 aromatic carbocycles. The summed E-state index contributed by atoms with van der Waals surface area (Å²) in [5, 5.41) is 24.0. The zero-order valence-corrected chi connectivity index (χ0v) is 22.1. The van der Waals surface area contributed by atoms with Gasteiger partial charge < -0.3 is 30.7 Å². The summed E-state index contributed by atoms with van der Waals surface area (Å²) < 4.78 is 12.3. The maximum absolute atomic E-state index is 11.9. The van der Waals surface area contributed by atoms with Crippen molar-refractivity contribution in [1.29, 1.82) is 5.26 Å². The second kappa shape index (κ2) is 13.0. The number of amides is 1. The molecule has 2 saturated heterocycles. The van der Waals surface area contributed by atoms with Gasteiger partial charge in [-0.2, -0.15) is 5.26 Å². The van der Waals surface area contributed by atoms with Gasteiger partial charge in [0.1, 0.15) is 0 Å². The van der Waals surface area contributed by atoms with Crippen LogP contribution in [0.3, 0.4) is 0 Å². The molecule has 0 aromatic rings. The van der Waals surface area contributed by atoms with E-state index in [-0.39, 0.29) is 59.5 Å². The number of carbonyl (C=O) groups excluding carboxylic acids is 1. The van der Waals surface area contributed by atoms with Crippen LogP contribution in [-0.4, -0.2) is 80.5 Å². The topological polar surface area (TPSA) is 107 Å². The summed E-state index contributed by atoms with van der Waals surface area (Å²) in [6.45, 7) is 7.81. The minimum Gasteiger partial charge on any atom is -0.376 e. The molecule has 0 spiro atoms. The lowest BCUT2D eigenvalue weighted by Gasteiger charge is -2.50. The molecular weight excluding hydrogens is 466 g/mol. The number of nitrogens with zero attached hydrogens (tertiary/aromatic N) is 1. The fourth-order valence-electron chi connectivity index (χ4n) is 6.74. The number of ether oxygens (including phenoxy) is 2. The van der Waals surface area contributed by atoms with Gasteiger partial charge in [-0.25, -0.2) is 0 Å². The first kappa shape index (κ1) is 27.1. The second-order valence-corrected chi connectivity index (χ2v) is 11.5. The Morgan fingerprint density at radius 1 is 1.14 bits per heavy atom. The zero-order valence-electron chi connectivity index (χ0n) is 21.3. The van der Waals surface area contributed by atoms with Crippen LogP contribution in [-0.2, 0) is 14.3 Å². The summed E-state index contributed by atoms with van der Waals surface area (Å²) in [4.78, 5) is 11.9. The van der Waals surface area contributed by atoms with Crippen molar-refractivity contribution in [3.8, 4) is 6.07 Å². The molecule has 9 heteroatoms. The molecule has 4 N–H and O–H groups in total. The number of hydrogen-bond donors (Lipinski definition) is 4. The van der Waals surface area contributed by atoms with Gasteiger partial charge in [0.15, 0.2) is 0 Å². The van der Waals surface area contributed by atoms with Crippen LogP contribution in [0.2, 0.25) is 0 Å². The molecule has 10 unspecified atom stereocenters. The standard InChI is InChI=1S/C26H44ClN5O3/c1-3-34-25-11-22-20(10-23(25)31-16(2)33)26(18(12-28)14-30-22)32-19-6-7-24(21(27)9-19)35-15-17-5-4-8-29-13-17/h17-26,29-30,32H,3-11,13-15H2,1-2H3,(H,31,33). The van der Waals surface area contributed by atoms with Crippen molar-refractivity contribution >= 4 is 17.5 Å². The highest BCUT2D eigenvalue weighted by atomic mass is 35.5. The fourth-order valence-corrected chi connectivity index (χ4v) is 7.15. The number of hydrogen-bond acceptors (Lipinski definition) is 7. The first-order chi connectivity index (χ1) is 17.0. The Morgan fingerprint density at radius 2 is 2.00 bits per heavy atom. The van der Waals surface area contributed by atoms with Crippen LogP contribution in [0.5, 0.6) is 0 Å². The van der Waals surface area contributed by atoms with Gasteiger partial charge in [-0.05, 0) is 70.3 Å². The summed E-state index contributed by atoms with van der Waals surface area (Å²) in [5.74, 6) is 0.702. The van der Waals surface area contributed by atoms with Crippen LogP contribution >= 0.6 is 11.6 Å². The minimum absolute atomic E-state index is 0.00360. The van der Waals surface area contributed by atoms with Crippen molar-refractivity contribution < 1.29 is 14.3 Å². The van der Waals surface area contributed by atoms with Crippen molar-refractivity contribution in [3.05, 3.63) is 0 Å². The molecule has 1 amide bonds. The summed E-state index contributed by atoms with van der Waals surface area (Å²) >= 11 is 6.83. The molecule has 4 fully saturated rings. The Balaban J connectivity index is 1.35. The number of nitrogens with one attached hydrogen (secondary N) is 4. The van der Waals surface area contributed by atoms with Gasteiger partial charge in [0, 0.05) is 44.7 Å². The average Bonchev–Trinajstić information content (AvgIpc) is 2.85. The maximum Gasteiger partial charge on any atom is 0.217 e. The number of halogens is 1. The van der Waals surface area contributed by atoms with Gasteiger partial charge in [0.25, 0.3) is 0 Å². The lowest BCUT2D eigenvalue weighted by Crippen LogP contribution is -2.66. The third-order valence-electron chi connectivity index (χ3n) is 8.49. The summed E-state index contributed by atoms with van der Waals surface area (Å²) in [5.41, 5.74) is 0. The monoisotopic (exact) mass is 509 g/mol. The smallest absolute Gasteiger partial charge is 0.217 e. The number of fused-ring (bicyclic) bond motifs is 1. The number of rotatable bonds is 8. The van der Waals surface area contributed by atoms with E-state index >= 15 is 0 Å². The van der Waals surface area contributed by atoms with E-state index in [2.05, 4.69) is 27.3 Å². The van der Waals surface area contributed by atoms with Crippen LogP contribution < -0.4 is 21.3 Å². The molecule has 2 aliphatic heterocycles. The molecular formula is C26H44ClN5O3. The predicted octanol–water partition coefficient (Wildman–Crippen LogP) is 1.92. The molecule has 2 aliphatic carbocycles. The molecule has 198 valence electrons. The average molecular weight is 510 g/mol. The fraction of sp³-hybridized carbons (Fsp3) is 0.923. The minimum atomic E-state index is -0.112. The van der Waals surface area contributed by atoms with Crippen LogP contribution in [0.25, 0.3) is 0 Å². The lowest BCUT2D eigenvalue weighted by atomic mass is 9.69.